The van der Waals surface area contributed by atoms with Crippen molar-refractivity contribution in [3.8, 4) is 17.0 Å². The van der Waals surface area contributed by atoms with Gasteiger partial charge < -0.3 is 4.74 Å². The van der Waals surface area contributed by atoms with Crippen molar-refractivity contribution in [3.05, 3.63) is 45.2 Å². The maximum absolute atomic E-state index is 11.8. The van der Waals surface area contributed by atoms with E-state index in [2.05, 4.69) is 17.7 Å². The Morgan fingerprint density at radius 2 is 2.16 bits per heavy atom. The quantitative estimate of drug-likeness (QED) is 0.885. The van der Waals surface area contributed by atoms with Gasteiger partial charge in [-0.2, -0.15) is 17.7 Å². The summed E-state index contributed by atoms with van der Waals surface area (Å²) in [7, 11) is 3.17. The molecule has 0 bridgehead atoms. The average molecular weight is 297 g/mol. The second-order valence-corrected chi connectivity index (χ2v) is 4.71. The van der Waals surface area contributed by atoms with Gasteiger partial charge in [0.15, 0.2) is 0 Å². The molecule has 0 spiro atoms. The Bertz CT molecular complexity index is 670. The van der Waals surface area contributed by atoms with Crippen LogP contribution in [0.1, 0.15) is 5.56 Å². The number of aryl methyl sites for hydroxylation is 1. The van der Waals surface area contributed by atoms with Crippen molar-refractivity contribution in [1.29, 1.82) is 0 Å². The van der Waals surface area contributed by atoms with Crippen LogP contribution >= 0.6 is 24.2 Å². The molecule has 0 aliphatic rings. The monoisotopic (exact) mass is 296 g/mol. The summed E-state index contributed by atoms with van der Waals surface area (Å²) in [5.74, 6) is 0.969. The summed E-state index contributed by atoms with van der Waals surface area (Å²) < 4.78 is 6.41. The van der Waals surface area contributed by atoms with Gasteiger partial charge in [-0.1, -0.05) is 11.6 Å². The van der Waals surface area contributed by atoms with Gasteiger partial charge in [0, 0.05) is 23.9 Å². The van der Waals surface area contributed by atoms with E-state index in [4.69, 9.17) is 16.3 Å². The van der Waals surface area contributed by atoms with Crippen LogP contribution in [0.2, 0.25) is 5.02 Å². The zero-order valence-electron chi connectivity index (χ0n) is 10.6. The third-order valence-corrected chi connectivity index (χ3v) is 3.39. The van der Waals surface area contributed by atoms with E-state index in [-0.39, 0.29) is 5.56 Å². The minimum Gasteiger partial charge on any atom is -0.495 e. The largest absolute Gasteiger partial charge is 0.495 e. The van der Waals surface area contributed by atoms with Crippen molar-refractivity contribution in [3.63, 3.8) is 0 Å². The Morgan fingerprint density at radius 3 is 2.74 bits per heavy atom. The number of rotatable bonds is 3. The van der Waals surface area contributed by atoms with Crippen LogP contribution in [0.3, 0.4) is 0 Å². The molecule has 0 saturated heterocycles. The Labute approximate surface area is 121 Å². The topological polar surface area (TPSA) is 44.1 Å². The van der Waals surface area contributed by atoms with E-state index < -0.39 is 0 Å². The molecule has 0 atom stereocenters. The Hall–Kier alpha value is -1.46. The van der Waals surface area contributed by atoms with E-state index in [0.29, 0.717) is 27.8 Å². The zero-order valence-corrected chi connectivity index (χ0v) is 12.2. The second kappa shape index (κ2) is 5.67. The minimum atomic E-state index is -0.140. The van der Waals surface area contributed by atoms with Crippen molar-refractivity contribution in [2.45, 2.75) is 5.75 Å². The normalized spacial score (nSPS) is 10.5. The van der Waals surface area contributed by atoms with Gasteiger partial charge in [-0.25, -0.2) is 4.68 Å². The van der Waals surface area contributed by atoms with E-state index in [0.717, 1.165) is 5.56 Å². The van der Waals surface area contributed by atoms with Gasteiger partial charge in [0.1, 0.15) is 5.75 Å². The molecular weight excluding hydrogens is 284 g/mol. The fourth-order valence-electron chi connectivity index (χ4n) is 1.75. The van der Waals surface area contributed by atoms with Crippen LogP contribution < -0.4 is 10.3 Å². The van der Waals surface area contributed by atoms with Crippen LogP contribution in [0.4, 0.5) is 0 Å². The third-order valence-electron chi connectivity index (χ3n) is 2.76. The summed E-state index contributed by atoms with van der Waals surface area (Å²) in [5, 5.41) is 4.72. The molecule has 0 radical (unpaired) electrons. The molecule has 1 aromatic heterocycles. The van der Waals surface area contributed by atoms with Gasteiger partial charge in [0.25, 0.3) is 5.56 Å². The summed E-state index contributed by atoms with van der Waals surface area (Å²) in [6, 6.07) is 7.10. The van der Waals surface area contributed by atoms with Gasteiger partial charge in [-0.15, -0.1) is 0 Å². The first-order valence-electron chi connectivity index (χ1n) is 5.59. The highest BCUT2D eigenvalue weighted by Crippen LogP contribution is 2.29. The molecule has 1 aromatic carbocycles. The smallest absolute Gasteiger partial charge is 0.270 e. The van der Waals surface area contributed by atoms with Gasteiger partial charge in [-0.05, 0) is 24.3 Å². The molecular formula is C13H13ClN2O2S. The molecule has 19 heavy (non-hydrogen) atoms. The van der Waals surface area contributed by atoms with Crippen LogP contribution in [0.15, 0.2) is 29.1 Å². The van der Waals surface area contributed by atoms with Gasteiger partial charge in [-0.3, -0.25) is 4.79 Å². The molecule has 0 unspecified atom stereocenters. The van der Waals surface area contributed by atoms with Crippen LogP contribution in [0.25, 0.3) is 11.3 Å². The van der Waals surface area contributed by atoms with Crippen LogP contribution in [0, 0.1) is 0 Å². The standard InChI is InChI=1S/C13H13ClN2O2S/c1-16-13(17)9(7-19)6-11(15-16)8-3-4-12(18-2)10(14)5-8/h3-6,19H,7H2,1-2H3. The predicted molar refractivity (Wildman–Crippen MR) is 79.2 cm³/mol. The number of hydrogen-bond acceptors (Lipinski definition) is 4. The molecule has 0 N–H and O–H groups in total. The molecule has 0 saturated carbocycles. The van der Waals surface area contributed by atoms with Crippen molar-refractivity contribution in [2.24, 2.45) is 7.05 Å². The Kier molecular flexibility index (Phi) is 4.17. The first kappa shape index (κ1) is 14.0. The fraction of sp³-hybridized carbons (Fsp3) is 0.231. The molecule has 0 aliphatic carbocycles. The van der Waals surface area contributed by atoms with Gasteiger partial charge in [0.05, 0.1) is 17.8 Å². The van der Waals surface area contributed by atoms with Crippen molar-refractivity contribution < 1.29 is 4.74 Å². The average Bonchev–Trinajstić information content (AvgIpc) is 2.41. The van der Waals surface area contributed by atoms with Crippen LogP contribution in [-0.2, 0) is 12.8 Å². The zero-order chi connectivity index (χ0) is 14.0. The lowest BCUT2D eigenvalue weighted by Gasteiger charge is -2.08. The molecule has 100 valence electrons. The van der Waals surface area contributed by atoms with Crippen LogP contribution in [0.5, 0.6) is 5.75 Å². The molecule has 0 fully saturated rings. The van der Waals surface area contributed by atoms with Crippen molar-refractivity contribution >= 4 is 24.2 Å². The maximum atomic E-state index is 11.8. The summed E-state index contributed by atoms with van der Waals surface area (Å²) in [5.41, 5.74) is 1.96. The molecule has 0 amide bonds. The lowest BCUT2D eigenvalue weighted by atomic mass is 10.1. The van der Waals surface area contributed by atoms with Gasteiger partial charge >= 0.3 is 0 Å². The predicted octanol–water partition coefficient (Wildman–Crippen LogP) is 2.54. The van der Waals surface area contributed by atoms with Crippen molar-refractivity contribution in [1.82, 2.24) is 9.78 Å². The highest BCUT2D eigenvalue weighted by Gasteiger charge is 2.09. The summed E-state index contributed by atoms with van der Waals surface area (Å²) in [6.07, 6.45) is 0. The van der Waals surface area contributed by atoms with E-state index in [9.17, 15) is 4.79 Å². The molecule has 1 heterocycles. The second-order valence-electron chi connectivity index (χ2n) is 3.99. The number of benzene rings is 1. The molecule has 2 aromatic rings. The maximum Gasteiger partial charge on any atom is 0.270 e. The lowest BCUT2D eigenvalue weighted by molar-refractivity contribution is 0.415. The number of hydrogen-bond donors (Lipinski definition) is 1. The SMILES string of the molecule is COc1ccc(-c2cc(CS)c(=O)n(C)n2)cc1Cl. The van der Waals surface area contributed by atoms with E-state index >= 15 is 0 Å². The molecule has 0 aliphatic heterocycles. The number of thiol groups is 1. The number of aromatic nitrogens is 2. The highest BCUT2D eigenvalue weighted by atomic mass is 35.5. The number of ether oxygens (including phenoxy) is 1. The minimum absolute atomic E-state index is 0.140. The third kappa shape index (κ3) is 2.77. The van der Waals surface area contributed by atoms with E-state index in [1.165, 1.54) is 4.68 Å². The van der Waals surface area contributed by atoms with Crippen molar-refractivity contribution in [2.75, 3.05) is 7.11 Å². The van der Waals surface area contributed by atoms with E-state index in [1.807, 2.05) is 6.07 Å². The first-order chi connectivity index (χ1) is 9.06. The number of methoxy groups -OCH3 is 1. The molecule has 4 nitrogen and oxygen atoms in total. The highest BCUT2D eigenvalue weighted by molar-refractivity contribution is 7.79. The fourth-order valence-corrected chi connectivity index (χ4v) is 2.23. The summed E-state index contributed by atoms with van der Waals surface area (Å²) in [6.45, 7) is 0. The molecule has 6 heteroatoms. The van der Waals surface area contributed by atoms with E-state index in [1.54, 1.807) is 32.4 Å². The van der Waals surface area contributed by atoms with Gasteiger partial charge in [0.2, 0.25) is 0 Å². The van der Waals surface area contributed by atoms with Crippen LogP contribution in [-0.4, -0.2) is 16.9 Å². The first-order valence-corrected chi connectivity index (χ1v) is 6.60. The Balaban J connectivity index is 2.56. The molecule has 2 rings (SSSR count). The number of nitrogens with zero attached hydrogens (tertiary/aromatic N) is 2. The summed E-state index contributed by atoms with van der Waals surface area (Å²) >= 11 is 10.2. The Morgan fingerprint density at radius 1 is 1.42 bits per heavy atom. The lowest BCUT2D eigenvalue weighted by Crippen LogP contribution is -2.23. The summed E-state index contributed by atoms with van der Waals surface area (Å²) in [4.78, 5) is 11.8. The number of halogens is 1.